The highest BCUT2D eigenvalue weighted by Gasteiger charge is 2.40. The quantitative estimate of drug-likeness (QED) is 0.321. The molecule has 1 aliphatic heterocycles. The van der Waals surface area contributed by atoms with Crippen LogP contribution in [0.1, 0.15) is 78.5 Å². The Balaban J connectivity index is 2.04. The Hall–Kier alpha value is -2.89. The van der Waals surface area contributed by atoms with E-state index >= 15 is 0 Å². The van der Waals surface area contributed by atoms with Crippen LogP contribution in [0.2, 0.25) is 0 Å². The largest absolute Gasteiger partial charge is 0.460 e. The van der Waals surface area contributed by atoms with Crippen LogP contribution in [0.3, 0.4) is 0 Å². The summed E-state index contributed by atoms with van der Waals surface area (Å²) in [5.74, 6) is -1.61. The van der Waals surface area contributed by atoms with E-state index in [0.717, 1.165) is 10.6 Å². The van der Waals surface area contributed by atoms with E-state index in [1.165, 1.54) is 19.2 Å². The third-order valence-electron chi connectivity index (χ3n) is 6.14. The maximum Gasteiger partial charge on any atom is 0.308 e. The molecule has 0 bridgehead atoms. The molecule has 1 fully saturated rings. The molecule has 40 heavy (non-hydrogen) atoms. The lowest BCUT2D eigenvalue weighted by Crippen LogP contribution is -2.48. The highest BCUT2D eigenvalue weighted by Crippen LogP contribution is 2.33. The number of ether oxygens (including phenoxy) is 3. The molecule has 3 rings (SSSR count). The molecule has 2 aromatic rings. The van der Waals surface area contributed by atoms with Gasteiger partial charge in [-0.15, -0.1) is 0 Å². The Morgan fingerprint density at radius 1 is 1.25 bits per heavy atom. The van der Waals surface area contributed by atoms with Crippen LogP contribution in [0.15, 0.2) is 30.3 Å². The van der Waals surface area contributed by atoms with Gasteiger partial charge in [-0.25, -0.2) is 27.1 Å². The smallest absolute Gasteiger partial charge is 0.308 e. The highest BCUT2D eigenvalue weighted by molar-refractivity contribution is 7.92. The second-order valence-corrected chi connectivity index (χ2v) is 13.8. The Kier molecular flexibility index (Phi) is 9.43. The third kappa shape index (κ3) is 8.55. The number of hydrogen-bond donors (Lipinski definition) is 0. The zero-order valence-corrected chi connectivity index (χ0v) is 25.5. The summed E-state index contributed by atoms with van der Waals surface area (Å²) in [6, 6.07) is 5.86. The Labute approximate surface area is 236 Å². The fourth-order valence-corrected chi connectivity index (χ4v) is 4.80. The molecule has 9 nitrogen and oxygen atoms in total. The minimum absolute atomic E-state index is 0.0250. The van der Waals surface area contributed by atoms with Crippen LogP contribution in [0.4, 0.5) is 10.3 Å². The maximum absolute atomic E-state index is 13.8. The molecule has 1 aromatic heterocycles. The van der Waals surface area contributed by atoms with Gasteiger partial charge in [-0.1, -0.05) is 13.8 Å². The predicted octanol–water partition coefficient (Wildman–Crippen LogP) is 4.97. The van der Waals surface area contributed by atoms with Gasteiger partial charge >= 0.3 is 5.97 Å². The summed E-state index contributed by atoms with van der Waals surface area (Å²) in [7, 11) is -2.23. The Bertz CT molecular complexity index is 1350. The molecule has 1 saturated heterocycles. The lowest BCUT2D eigenvalue weighted by atomic mass is 9.97. The molecule has 0 aliphatic carbocycles. The van der Waals surface area contributed by atoms with Crippen LogP contribution in [-0.4, -0.2) is 66.0 Å². The maximum atomic E-state index is 13.8. The first-order valence-corrected chi connectivity index (χ1v) is 15.1. The second kappa shape index (κ2) is 11.9. The first-order chi connectivity index (χ1) is 18.3. The number of aromatic nitrogens is 2. The van der Waals surface area contributed by atoms with Gasteiger partial charge < -0.3 is 14.2 Å². The van der Waals surface area contributed by atoms with Crippen LogP contribution in [0, 0.1) is 5.82 Å². The summed E-state index contributed by atoms with van der Waals surface area (Å²) >= 11 is 0. The molecule has 2 atom stereocenters. The highest BCUT2D eigenvalue weighted by atomic mass is 32.2. The van der Waals surface area contributed by atoms with Crippen molar-refractivity contribution >= 4 is 28.0 Å². The van der Waals surface area contributed by atoms with Gasteiger partial charge in [0, 0.05) is 32.0 Å². The predicted molar refractivity (Wildman–Crippen MR) is 154 cm³/mol. The SMILES string of the molecule is CC(C)c1nc(N(C)S(C)(=O)=O)nc(-c2ccc(F)cc2)c1/C=C/C1CC(CC(=O)OC(C)(C)C)OC(C)(C)[OH+]1. The van der Waals surface area contributed by atoms with Crippen LogP contribution < -0.4 is 4.31 Å². The summed E-state index contributed by atoms with van der Waals surface area (Å²) in [4.78, 5) is 21.7. The topological polar surface area (TPSA) is 111 Å². The number of carbonyl (C=O) groups excluding carboxylic acids is 1. The molecule has 1 aromatic carbocycles. The van der Waals surface area contributed by atoms with E-state index in [1.807, 2.05) is 60.6 Å². The molecule has 0 saturated carbocycles. The minimum atomic E-state index is -3.62. The molecule has 1 aliphatic rings. The van der Waals surface area contributed by atoms with Crippen molar-refractivity contribution in [1.29, 1.82) is 0 Å². The van der Waals surface area contributed by atoms with Gasteiger partial charge in [-0.3, -0.25) is 4.79 Å². The number of rotatable bonds is 8. The van der Waals surface area contributed by atoms with E-state index in [9.17, 15) is 17.6 Å². The van der Waals surface area contributed by atoms with Gasteiger partial charge in [-0.05, 0) is 63.1 Å². The number of aliphatic hydroxyl groups is 2. The molecule has 1 N–H and O–H groups in total. The first-order valence-electron chi connectivity index (χ1n) is 13.3. The number of benzene rings is 1. The summed E-state index contributed by atoms with van der Waals surface area (Å²) < 4.78 is 55.7. The molecule has 2 heterocycles. The van der Waals surface area contributed by atoms with Crippen LogP contribution in [0.5, 0.6) is 0 Å². The van der Waals surface area contributed by atoms with E-state index in [0.29, 0.717) is 28.9 Å². The van der Waals surface area contributed by atoms with E-state index in [1.54, 1.807) is 12.1 Å². The number of carbonyl (C=O) groups is 1. The zero-order valence-electron chi connectivity index (χ0n) is 24.7. The number of sulfonamides is 1. The lowest BCUT2D eigenvalue weighted by molar-refractivity contribution is -0.371. The molecular formula is C29H41FN3O6S+. The summed E-state index contributed by atoms with van der Waals surface area (Å²) in [6.45, 7) is 13.1. The fourth-order valence-electron chi connectivity index (χ4n) is 4.43. The zero-order chi connectivity index (χ0) is 30.0. The molecule has 0 radical (unpaired) electrons. The van der Waals surface area contributed by atoms with Crippen molar-refractivity contribution in [2.45, 2.75) is 90.8 Å². The van der Waals surface area contributed by atoms with Gasteiger partial charge in [-0.2, -0.15) is 0 Å². The van der Waals surface area contributed by atoms with E-state index < -0.39 is 27.2 Å². The van der Waals surface area contributed by atoms with Crippen molar-refractivity contribution in [3.05, 3.63) is 47.4 Å². The third-order valence-corrected chi connectivity index (χ3v) is 7.30. The van der Waals surface area contributed by atoms with Crippen molar-refractivity contribution in [2.75, 3.05) is 17.6 Å². The number of nitrogens with zero attached hydrogens (tertiary/aromatic N) is 3. The van der Waals surface area contributed by atoms with Gasteiger partial charge in [0.2, 0.25) is 16.0 Å². The van der Waals surface area contributed by atoms with Gasteiger partial charge in [0.1, 0.15) is 11.4 Å². The number of halogens is 1. The minimum Gasteiger partial charge on any atom is -0.460 e. The van der Waals surface area contributed by atoms with Crippen LogP contribution in [-0.2, 0) is 24.3 Å². The normalized spacial score (nSPS) is 19.7. The van der Waals surface area contributed by atoms with Gasteiger partial charge in [0.05, 0.1) is 36.6 Å². The number of esters is 1. The van der Waals surface area contributed by atoms with Crippen molar-refractivity contribution in [2.24, 2.45) is 0 Å². The molecule has 2 unspecified atom stereocenters. The number of hydrogen-bond acceptors (Lipinski definition) is 7. The Morgan fingerprint density at radius 3 is 2.42 bits per heavy atom. The average molecular weight is 579 g/mol. The second-order valence-electron chi connectivity index (χ2n) is 11.8. The van der Waals surface area contributed by atoms with E-state index in [4.69, 9.17) is 14.2 Å². The summed E-state index contributed by atoms with van der Waals surface area (Å²) in [5.41, 5.74) is 1.80. The molecule has 220 valence electrons. The van der Waals surface area contributed by atoms with Gasteiger partial charge in [0.25, 0.3) is 5.79 Å². The lowest BCUT2D eigenvalue weighted by Gasteiger charge is -2.36. The summed E-state index contributed by atoms with van der Waals surface area (Å²) in [5, 5.41) is 0. The standard InChI is InChI=1S/C29H40FN3O6S/c1-18(2)25-23(15-14-21-16-22(38-29(6,7)37-21)17-24(34)39-28(3,4)5)26(19-10-12-20(30)13-11-19)32-27(31-25)33(8)40(9,35)36/h10-15,18,21-22H,16-17H2,1-9H3/p+1/b15-14+. The van der Waals surface area contributed by atoms with E-state index in [2.05, 4.69) is 9.97 Å². The van der Waals surface area contributed by atoms with Crippen molar-refractivity contribution in [3.63, 3.8) is 0 Å². The average Bonchev–Trinajstić information content (AvgIpc) is 2.79. The Morgan fingerprint density at radius 2 is 1.88 bits per heavy atom. The summed E-state index contributed by atoms with van der Waals surface area (Å²) in [6.07, 6.45) is 4.78. The van der Waals surface area contributed by atoms with Crippen molar-refractivity contribution < 1.29 is 31.8 Å². The van der Waals surface area contributed by atoms with Crippen LogP contribution >= 0.6 is 0 Å². The van der Waals surface area contributed by atoms with Gasteiger partial charge in [0.15, 0.2) is 6.10 Å². The number of anilines is 1. The monoisotopic (exact) mass is 578 g/mol. The van der Waals surface area contributed by atoms with Crippen LogP contribution in [0.25, 0.3) is 17.3 Å². The first kappa shape index (κ1) is 31.6. The molecule has 11 heteroatoms. The van der Waals surface area contributed by atoms with Crippen molar-refractivity contribution in [3.8, 4) is 11.3 Å². The molecule has 0 amide bonds. The fraction of sp³-hybridized carbons (Fsp3) is 0.552. The molecule has 0 spiro atoms. The molecular weight excluding hydrogens is 537 g/mol. The van der Waals surface area contributed by atoms with Crippen molar-refractivity contribution in [1.82, 2.24) is 9.97 Å². The van der Waals surface area contributed by atoms with E-state index in [-0.39, 0.29) is 36.5 Å².